The summed E-state index contributed by atoms with van der Waals surface area (Å²) in [6, 6.07) is 37.7. The van der Waals surface area contributed by atoms with Crippen LogP contribution in [0.3, 0.4) is 0 Å². The van der Waals surface area contributed by atoms with Gasteiger partial charge < -0.3 is 9.13 Å². The Bertz CT molecular complexity index is 2180. The highest BCUT2D eigenvalue weighted by Gasteiger charge is 2.43. The molecule has 0 radical (unpaired) electrons. The minimum atomic E-state index is -0.183. The van der Waals surface area contributed by atoms with Gasteiger partial charge in [-0.25, -0.2) is 0 Å². The van der Waals surface area contributed by atoms with Gasteiger partial charge in [0.1, 0.15) is 0 Å². The normalized spacial score (nSPS) is 20.5. The van der Waals surface area contributed by atoms with Gasteiger partial charge in [-0.3, -0.25) is 14.5 Å². The summed E-state index contributed by atoms with van der Waals surface area (Å²) >= 11 is 0. The van der Waals surface area contributed by atoms with E-state index < -0.39 is 0 Å². The van der Waals surface area contributed by atoms with Gasteiger partial charge in [-0.05, 0) is 67.0 Å². The van der Waals surface area contributed by atoms with E-state index in [-0.39, 0.29) is 11.8 Å². The lowest BCUT2D eigenvalue weighted by Crippen LogP contribution is -2.35. The number of rotatable bonds is 4. The molecule has 3 atom stereocenters. The first kappa shape index (κ1) is 25.0. The first-order chi connectivity index (χ1) is 22.2. The van der Waals surface area contributed by atoms with Crippen molar-refractivity contribution in [2.24, 2.45) is 17.8 Å². The summed E-state index contributed by atoms with van der Waals surface area (Å²) in [6.45, 7) is 0.479. The van der Waals surface area contributed by atoms with Crippen LogP contribution in [0, 0.1) is 17.8 Å². The maximum absolute atomic E-state index is 14.1. The van der Waals surface area contributed by atoms with Gasteiger partial charge in [0.2, 0.25) is 0 Å². The Morgan fingerprint density at radius 1 is 0.533 bits per heavy atom. The quantitative estimate of drug-likeness (QED) is 0.154. The van der Waals surface area contributed by atoms with E-state index in [2.05, 4.69) is 118 Å². The van der Waals surface area contributed by atoms with Gasteiger partial charge in [0.15, 0.2) is 0 Å². The minimum Gasteiger partial charge on any atom is -0.307 e. The van der Waals surface area contributed by atoms with Crippen molar-refractivity contribution in [1.29, 1.82) is 0 Å². The number of nitrogens with zero attached hydrogens (tertiary/aromatic N) is 3. The van der Waals surface area contributed by atoms with Crippen LogP contribution in [0.15, 0.2) is 121 Å². The number of hydrogen-bond donors (Lipinski definition) is 0. The SMILES string of the molecule is O=C1c2cc(-n3c4ccccc4c4ccccc43)c(-n3c4ccccc4c4ccccc43)cc2C(=O)N1CC1CC2C=CC1C2. The van der Waals surface area contributed by atoms with Crippen molar-refractivity contribution < 1.29 is 9.59 Å². The Kier molecular flexibility index (Phi) is 5.02. The number of allylic oxidation sites excluding steroid dienone is 2. The lowest BCUT2D eigenvalue weighted by molar-refractivity contribution is 0.0621. The molecule has 2 aromatic heterocycles. The number of benzene rings is 5. The van der Waals surface area contributed by atoms with Gasteiger partial charge in [-0.15, -0.1) is 0 Å². The van der Waals surface area contributed by atoms with Gasteiger partial charge in [-0.1, -0.05) is 84.9 Å². The zero-order valence-corrected chi connectivity index (χ0v) is 24.6. The van der Waals surface area contributed by atoms with Gasteiger partial charge in [0.05, 0.1) is 44.6 Å². The summed E-state index contributed by atoms with van der Waals surface area (Å²) in [5.74, 6) is 1.01. The highest BCUT2D eigenvalue weighted by atomic mass is 16.2. The lowest BCUT2D eigenvalue weighted by atomic mass is 9.93. The summed E-state index contributed by atoms with van der Waals surface area (Å²) in [4.78, 5) is 29.8. The van der Waals surface area contributed by atoms with Crippen molar-refractivity contribution in [3.63, 3.8) is 0 Å². The number of hydrogen-bond acceptors (Lipinski definition) is 2. The number of amides is 2. The van der Waals surface area contributed by atoms with Crippen molar-refractivity contribution >= 4 is 55.4 Å². The molecule has 1 fully saturated rings. The fourth-order valence-electron chi connectivity index (χ4n) is 8.54. The molecule has 0 N–H and O–H groups in total. The molecule has 2 bridgehead atoms. The molecule has 1 saturated carbocycles. The third-order valence-corrected chi connectivity index (χ3v) is 10.5. The van der Waals surface area contributed by atoms with Crippen molar-refractivity contribution in [2.45, 2.75) is 12.8 Å². The molecule has 3 unspecified atom stereocenters. The summed E-state index contributed by atoms with van der Waals surface area (Å²) in [6.07, 6.45) is 6.79. The monoisotopic (exact) mass is 583 g/mol. The van der Waals surface area contributed by atoms with E-state index in [1.165, 1.54) is 4.90 Å². The van der Waals surface area contributed by atoms with Gasteiger partial charge >= 0.3 is 0 Å². The van der Waals surface area contributed by atoms with E-state index in [4.69, 9.17) is 0 Å². The third-order valence-electron chi connectivity index (χ3n) is 10.5. The Morgan fingerprint density at radius 2 is 0.956 bits per heavy atom. The molecule has 0 saturated heterocycles. The zero-order valence-electron chi connectivity index (χ0n) is 24.6. The second-order valence-electron chi connectivity index (χ2n) is 12.9. The third kappa shape index (κ3) is 3.38. The number of fused-ring (bicyclic) bond motifs is 9. The second-order valence-corrected chi connectivity index (χ2v) is 12.9. The molecule has 216 valence electrons. The Hall–Kier alpha value is -5.42. The Morgan fingerprint density at radius 3 is 1.33 bits per heavy atom. The molecule has 5 nitrogen and oxygen atoms in total. The molecule has 45 heavy (non-hydrogen) atoms. The molecule has 10 rings (SSSR count). The van der Waals surface area contributed by atoms with Crippen LogP contribution in [0.1, 0.15) is 33.6 Å². The highest BCUT2D eigenvalue weighted by Crippen LogP contribution is 2.45. The van der Waals surface area contributed by atoms with E-state index in [0.29, 0.717) is 35.4 Å². The van der Waals surface area contributed by atoms with Crippen LogP contribution < -0.4 is 0 Å². The zero-order chi connectivity index (χ0) is 29.8. The van der Waals surface area contributed by atoms with Crippen molar-refractivity contribution in [3.05, 3.63) is 132 Å². The second kappa shape index (κ2) is 9.05. The summed E-state index contributed by atoms with van der Waals surface area (Å²) in [7, 11) is 0. The van der Waals surface area contributed by atoms with Crippen LogP contribution in [0.25, 0.3) is 55.0 Å². The maximum Gasteiger partial charge on any atom is 0.261 e. The van der Waals surface area contributed by atoms with Crippen LogP contribution >= 0.6 is 0 Å². The largest absolute Gasteiger partial charge is 0.307 e. The molecule has 3 heterocycles. The van der Waals surface area contributed by atoms with Crippen LogP contribution in [0.2, 0.25) is 0 Å². The molecule has 0 spiro atoms. The van der Waals surface area contributed by atoms with E-state index in [0.717, 1.165) is 67.8 Å². The summed E-state index contributed by atoms with van der Waals surface area (Å²) < 4.78 is 4.54. The van der Waals surface area contributed by atoms with Crippen LogP contribution in [-0.4, -0.2) is 32.4 Å². The van der Waals surface area contributed by atoms with Crippen molar-refractivity contribution in [1.82, 2.24) is 14.0 Å². The van der Waals surface area contributed by atoms with Crippen LogP contribution in [-0.2, 0) is 0 Å². The fourth-order valence-corrected chi connectivity index (χ4v) is 8.54. The number of imide groups is 1. The van der Waals surface area contributed by atoms with Gasteiger partial charge in [0, 0.05) is 28.1 Å². The van der Waals surface area contributed by atoms with Crippen molar-refractivity contribution in [2.75, 3.05) is 6.54 Å². The van der Waals surface area contributed by atoms with E-state index in [9.17, 15) is 9.59 Å². The average molecular weight is 584 g/mol. The summed E-state index contributed by atoms with van der Waals surface area (Å²) in [5, 5.41) is 4.59. The molecule has 1 aliphatic heterocycles. The van der Waals surface area contributed by atoms with Crippen LogP contribution in [0.4, 0.5) is 0 Å². The van der Waals surface area contributed by atoms with Crippen molar-refractivity contribution in [3.8, 4) is 11.4 Å². The molecular weight excluding hydrogens is 554 g/mol. The van der Waals surface area contributed by atoms with Gasteiger partial charge in [0.25, 0.3) is 11.8 Å². The van der Waals surface area contributed by atoms with E-state index >= 15 is 0 Å². The Labute approximate surface area is 259 Å². The smallest absolute Gasteiger partial charge is 0.261 e. The summed E-state index contributed by atoms with van der Waals surface area (Å²) in [5.41, 5.74) is 6.96. The molecule has 5 heteroatoms. The predicted octanol–water partition coefficient (Wildman–Crippen LogP) is 8.69. The topological polar surface area (TPSA) is 47.2 Å². The molecule has 7 aromatic rings. The first-order valence-corrected chi connectivity index (χ1v) is 15.9. The maximum atomic E-state index is 14.1. The first-order valence-electron chi connectivity index (χ1n) is 15.9. The van der Waals surface area contributed by atoms with E-state index in [1.54, 1.807) is 0 Å². The average Bonchev–Trinajstić information content (AvgIpc) is 3.89. The van der Waals surface area contributed by atoms with E-state index in [1.807, 2.05) is 12.1 Å². The molecule has 2 aliphatic carbocycles. The minimum absolute atomic E-state index is 0.183. The lowest BCUT2D eigenvalue weighted by Gasteiger charge is -2.23. The molecule has 2 amide bonds. The number of carbonyl (C=O) groups excluding carboxylic acids is 2. The molecular formula is C40H29N3O2. The highest BCUT2D eigenvalue weighted by molar-refractivity contribution is 6.22. The predicted molar refractivity (Wildman–Crippen MR) is 179 cm³/mol. The van der Waals surface area contributed by atoms with Crippen LogP contribution in [0.5, 0.6) is 0 Å². The standard InChI is InChI=1S/C40H29N3O2/c44-39-31-21-37(42-33-13-5-1-9-27(33)28-10-2-6-14-34(28)42)38(43-35-15-7-3-11-29(35)30-12-4-8-16-36(30)43)22-32(31)40(45)41(39)23-26-20-24-17-18-25(26)19-24/h1-18,21-22,24-26H,19-20,23H2. The number of aromatic nitrogens is 2. The number of para-hydroxylation sites is 4. The molecule has 5 aromatic carbocycles. The molecule has 3 aliphatic rings. The number of carbonyl (C=O) groups is 2. The Balaban J connectivity index is 1.27. The van der Waals surface area contributed by atoms with Gasteiger partial charge in [-0.2, -0.15) is 0 Å². The fraction of sp³-hybridized carbons (Fsp3) is 0.150.